The van der Waals surface area contributed by atoms with Crippen LogP contribution in [0, 0.1) is 0 Å². The Bertz CT molecular complexity index is 735. The third kappa shape index (κ3) is 3.32. The highest BCUT2D eigenvalue weighted by Crippen LogP contribution is 2.26. The molecular weight excluding hydrogens is 364 g/mol. The van der Waals surface area contributed by atoms with E-state index in [1.165, 1.54) is 12.1 Å². The second kappa shape index (κ2) is 6.13. The molecule has 0 atom stereocenters. The first-order chi connectivity index (χ1) is 9.44. The summed E-state index contributed by atoms with van der Waals surface area (Å²) in [7, 11) is -3.69. The fourth-order valence-electron chi connectivity index (χ4n) is 1.61. The number of hydrogen-bond acceptors (Lipinski definition) is 3. The zero-order valence-electron chi connectivity index (χ0n) is 10.3. The van der Waals surface area contributed by atoms with E-state index in [9.17, 15) is 8.42 Å². The first-order valence-corrected chi connectivity index (χ1v) is 8.35. The third-order valence-electron chi connectivity index (χ3n) is 2.67. The van der Waals surface area contributed by atoms with Gasteiger partial charge in [0, 0.05) is 16.0 Å². The van der Waals surface area contributed by atoms with Gasteiger partial charge in [-0.2, -0.15) is 0 Å². The van der Waals surface area contributed by atoms with Crippen molar-refractivity contribution in [1.82, 2.24) is 0 Å². The lowest BCUT2D eigenvalue weighted by Crippen LogP contribution is -2.13. The summed E-state index contributed by atoms with van der Waals surface area (Å²) in [5.74, 6) is 0. The average Bonchev–Trinajstić information content (AvgIpc) is 2.41. The summed E-state index contributed by atoms with van der Waals surface area (Å²) in [5, 5.41) is 0.336. The monoisotopic (exact) mass is 374 g/mol. The third-order valence-corrected chi connectivity index (χ3v) is 5.08. The molecule has 0 aliphatic carbocycles. The van der Waals surface area contributed by atoms with E-state index in [0.717, 1.165) is 0 Å². The number of rotatable bonds is 4. The number of sulfonamides is 1. The summed E-state index contributed by atoms with van der Waals surface area (Å²) in [6.45, 7) is 0.261. The van der Waals surface area contributed by atoms with Crippen molar-refractivity contribution in [2.24, 2.45) is 5.73 Å². The van der Waals surface area contributed by atoms with E-state index in [2.05, 4.69) is 20.7 Å². The molecule has 0 amide bonds. The van der Waals surface area contributed by atoms with Gasteiger partial charge in [-0.25, -0.2) is 8.42 Å². The molecule has 0 aliphatic heterocycles. The van der Waals surface area contributed by atoms with Crippen LogP contribution < -0.4 is 10.5 Å². The number of halogens is 2. The van der Waals surface area contributed by atoms with Gasteiger partial charge < -0.3 is 5.73 Å². The average molecular weight is 376 g/mol. The highest BCUT2D eigenvalue weighted by atomic mass is 79.9. The van der Waals surface area contributed by atoms with E-state index >= 15 is 0 Å². The summed E-state index contributed by atoms with van der Waals surface area (Å²) in [5.41, 5.74) is 6.66. The molecule has 7 heteroatoms. The lowest BCUT2D eigenvalue weighted by molar-refractivity contribution is 0.601. The van der Waals surface area contributed by atoms with Crippen LogP contribution in [-0.4, -0.2) is 8.42 Å². The van der Waals surface area contributed by atoms with Crippen molar-refractivity contribution in [2.45, 2.75) is 11.4 Å². The first-order valence-electron chi connectivity index (χ1n) is 5.70. The van der Waals surface area contributed by atoms with Gasteiger partial charge in [0.05, 0.1) is 10.6 Å². The number of benzene rings is 2. The largest absolute Gasteiger partial charge is 0.326 e. The molecule has 0 bridgehead atoms. The Morgan fingerprint density at radius 3 is 2.50 bits per heavy atom. The predicted octanol–water partition coefficient (Wildman–Crippen LogP) is 3.36. The molecule has 0 aliphatic rings. The van der Waals surface area contributed by atoms with Crippen molar-refractivity contribution in [3.8, 4) is 0 Å². The molecule has 0 spiro atoms. The van der Waals surface area contributed by atoms with Gasteiger partial charge in [-0.05, 0) is 45.8 Å². The summed E-state index contributed by atoms with van der Waals surface area (Å²) < 4.78 is 27.7. The van der Waals surface area contributed by atoms with Crippen molar-refractivity contribution in [1.29, 1.82) is 0 Å². The van der Waals surface area contributed by atoms with Crippen LogP contribution >= 0.6 is 27.5 Å². The lowest BCUT2D eigenvalue weighted by Gasteiger charge is -2.10. The van der Waals surface area contributed by atoms with Crippen LogP contribution in [0.3, 0.4) is 0 Å². The van der Waals surface area contributed by atoms with Crippen molar-refractivity contribution in [3.63, 3.8) is 0 Å². The fourth-order valence-corrected chi connectivity index (χ4v) is 3.55. The molecule has 20 heavy (non-hydrogen) atoms. The van der Waals surface area contributed by atoms with Crippen LogP contribution in [-0.2, 0) is 16.6 Å². The Labute approximate surface area is 131 Å². The number of hydrogen-bond donors (Lipinski definition) is 2. The quantitative estimate of drug-likeness (QED) is 0.860. The maximum absolute atomic E-state index is 12.3. The molecule has 2 rings (SSSR count). The van der Waals surface area contributed by atoms with Crippen LogP contribution in [0.25, 0.3) is 0 Å². The minimum atomic E-state index is -3.69. The van der Waals surface area contributed by atoms with E-state index in [1.54, 1.807) is 30.3 Å². The minimum absolute atomic E-state index is 0.0930. The van der Waals surface area contributed by atoms with Gasteiger partial charge in [0.1, 0.15) is 0 Å². The zero-order chi connectivity index (χ0) is 14.8. The van der Waals surface area contributed by atoms with Crippen molar-refractivity contribution >= 4 is 43.2 Å². The molecule has 2 aromatic carbocycles. The molecule has 0 aromatic heterocycles. The molecule has 0 saturated heterocycles. The van der Waals surface area contributed by atoms with Crippen molar-refractivity contribution < 1.29 is 8.42 Å². The number of para-hydroxylation sites is 1. The zero-order valence-corrected chi connectivity index (χ0v) is 13.5. The molecule has 2 aromatic rings. The van der Waals surface area contributed by atoms with Crippen LogP contribution in [0.1, 0.15) is 5.56 Å². The number of anilines is 1. The van der Waals surface area contributed by atoms with E-state index < -0.39 is 10.0 Å². The maximum atomic E-state index is 12.3. The normalized spacial score (nSPS) is 11.3. The van der Waals surface area contributed by atoms with E-state index in [0.29, 0.717) is 20.7 Å². The van der Waals surface area contributed by atoms with Crippen LogP contribution in [0.5, 0.6) is 0 Å². The number of nitrogens with two attached hydrogens (primary N) is 1. The summed E-state index contributed by atoms with van der Waals surface area (Å²) >= 11 is 9.28. The summed E-state index contributed by atoms with van der Waals surface area (Å²) in [6.07, 6.45) is 0. The predicted molar refractivity (Wildman–Crippen MR) is 84.3 cm³/mol. The van der Waals surface area contributed by atoms with Crippen LogP contribution in [0.4, 0.5) is 5.69 Å². The molecule has 0 radical (unpaired) electrons. The van der Waals surface area contributed by atoms with E-state index in [1.807, 2.05) is 0 Å². The Kier molecular flexibility index (Phi) is 4.70. The molecule has 0 saturated carbocycles. The maximum Gasteiger partial charge on any atom is 0.261 e. The number of nitrogens with one attached hydrogen (secondary N) is 1. The van der Waals surface area contributed by atoms with Gasteiger partial charge >= 0.3 is 0 Å². The lowest BCUT2D eigenvalue weighted by atomic mass is 10.2. The van der Waals surface area contributed by atoms with Gasteiger partial charge in [0.15, 0.2) is 0 Å². The van der Waals surface area contributed by atoms with Crippen molar-refractivity contribution in [2.75, 3.05) is 4.72 Å². The Hall–Kier alpha value is -1.08. The Balaban J connectivity index is 2.36. The van der Waals surface area contributed by atoms with Gasteiger partial charge in [0.25, 0.3) is 10.0 Å². The van der Waals surface area contributed by atoms with Gasteiger partial charge in [-0.15, -0.1) is 0 Å². The SMILES string of the molecule is NCc1ccc(S(=O)(=O)Nc2ccccc2Br)cc1Cl. The topological polar surface area (TPSA) is 72.2 Å². The molecule has 0 heterocycles. The molecule has 106 valence electrons. The molecule has 4 nitrogen and oxygen atoms in total. The first kappa shape index (κ1) is 15.3. The van der Waals surface area contributed by atoms with E-state index in [4.69, 9.17) is 17.3 Å². The molecule has 0 fully saturated rings. The smallest absolute Gasteiger partial charge is 0.261 e. The Morgan fingerprint density at radius 2 is 1.90 bits per heavy atom. The standard InChI is InChI=1S/C13H12BrClN2O2S/c14-11-3-1-2-4-13(11)17-20(18,19)10-6-5-9(8-16)12(15)7-10/h1-7,17H,8,16H2. The second-order valence-electron chi connectivity index (χ2n) is 4.04. The van der Waals surface area contributed by atoms with Gasteiger partial charge in [-0.3, -0.25) is 4.72 Å². The van der Waals surface area contributed by atoms with E-state index in [-0.39, 0.29) is 11.4 Å². The summed E-state index contributed by atoms with van der Waals surface area (Å²) in [6, 6.07) is 11.4. The van der Waals surface area contributed by atoms with Crippen LogP contribution in [0.15, 0.2) is 51.8 Å². The minimum Gasteiger partial charge on any atom is -0.326 e. The van der Waals surface area contributed by atoms with Crippen LogP contribution in [0.2, 0.25) is 5.02 Å². The van der Waals surface area contributed by atoms with Gasteiger partial charge in [-0.1, -0.05) is 29.8 Å². The highest BCUT2D eigenvalue weighted by molar-refractivity contribution is 9.10. The van der Waals surface area contributed by atoms with Gasteiger partial charge in [0.2, 0.25) is 0 Å². The highest BCUT2D eigenvalue weighted by Gasteiger charge is 2.16. The fraction of sp³-hybridized carbons (Fsp3) is 0.0769. The molecule has 3 N–H and O–H groups in total. The molecular formula is C13H12BrClN2O2S. The Morgan fingerprint density at radius 1 is 1.20 bits per heavy atom. The summed E-state index contributed by atoms with van der Waals surface area (Å²) in [4.78, 5) is 0.0930. The van der Waals surface area contributed by atoms with Crippen molar-refractivity contribution in [3.05, 3.63) is 57.5 Å². The molecule has 0 unspecified atom stereocenters. The second-order valence-corrected chi connectivity index (χ2v) is 6.99.